The summed E-state index contributed by atoms with van der Waals surface area (Å²) in [6, 6.07) is 7.99. The number of hydrogen-bond donors (Lipinski definition) is 2. The lowest BCUT2D eigenvalue weighted by Crippen LogP contribution is -2.12. The van der Waals surface area contributed by atoms with Gasteiger partial charge >= 0.3 is 0 Å². The van der Waals surface area contributed by atoms with Gasteiger partial charge in [-0.05, 0) is 36.8 Å². The molecular formula is C13H20N2. The van der Waals surface area contributed by atoms with Gasteiger partial charge in [-0.15, -0.1) is 0 Å². The third kappa shape index (κ3) is 2.65. The predicted molar refractivity (Wildman–Crippen MR) is 65.8 cm³/mol. The van der Waals surface area contributed by atoms with Crippen molar-refractivity contribution in [1.82, 2.24) is 0 Å². The van der Waals surface area contributed by atoms with E-state index in [1.807, 2.05) is 24.3 Å². The van der Waals surface area contributed by atoms with Crippen LogP contribution >= 0.6 is 0 Å². The zero-order valence-corrected chi connectivity index (χ0v) is 9.37. The first kappa shape index (κ1) is 10.3. The summed E-state index contributed by atoms with van der Waals surface area (Å²) >= 11 is 0. The first-order valence-electron chi connectivity index (χ1n) is 5.84. The van der Waals surface area contributed by atoms with Crippen molar-refractivity contribution in [3.05, 3.63) is 24.3 Å². The molecule has 0 heterocycles. The predicted octanol–water partition coefficient (Wildman–Crippen LogP) is 3.12. The number of benzene rings is 1. The number of hydrogen-bond acceptors (Lipinski definition) is 2. The fourth-order valence-corrected chi connectivity index (χ4v) is 2.42. The van der Waals surface area contributed by atoms with Crippen LogP contribution < -0.4 is 11.1 Å². The summed E-state index contributed by atoms with van der Waals surface area (Å²) in [6.07, 6.45) is 4.11. The van der Waals surface area contributed by atoms with Gasteiger partial charge in [0.1, 0.15) is 0 Å². The molecule has 2 unspecified atom stereocenters. The molecule has 1 aromatic rings. The maximum absolute atomic E-state index is 5.87. The molecule has 2 heteroatoms. The molecule has 2 atom stereocenters. The van der Waals surface area contributed by atoms with E-state index >= 15 is 0 Å². The van der Waals surface area contributed by atoms with E-state index in [0.29, 0.717) is 0 Å². The lowest BCUT2D eigenvalue weighted by atomic mass is 10.1. The molecule has 15 heavy (non-hydrogen) atoms. The van der Waals surface area contributed by atoms with Crippen molar-refractivity contribution in [3.8, 4) is 0 Å². The standard InChI is InChI=1S/C13H20N2/c1-10-6-7-11(8-10)9-15-13-5-3-2-4-12(13)14/h2-5,10-11,15H,6-9,14H2,1H3. The topological polar surface area (TPSA) is 38.0 Å². The van der Waals surface area contributed by atoms with Crippen LogP contribution in [0, 0.1) is 11.8 Å². The van der Waals surface area contributed by atoms with E-state index in [-0.39, 0.29) is 0 Å². The summed E-state index contributed by atoms with van der Waals surface area (Å²) in [4.78, 5) is 0. The van der Waals surface area contributed by atoms with Gasteiger partial charge in [-0.3, -0.25) is 0 Å². The molecule has 0 aromatic heterocycles. The van der Waals surface area contributed by atoms with Crippen LogP contribution in [0.15, 0.2) is 24.3 Å². The van der Waals surface area contributed by atoms with E-state index in [9.17, 15) is 0 Å². The summed E-state index contributed by atoms with van der Waals surface area (Å²) in [5.74, 6) is 1.74. The summed E-state index contributed by atoms with van der Waals surface area (Å²) < 4.78 is 0. The van der Waals surface area contributed by atoms with Crippen LogP contribution in [0.25, 0.3) is 0 Å². The number of anilines is 2. The van der Waals surface area contributed by atoms with Crippen molar-refractivity contribution in [2.45, 2.75) is 26.2 Å². The van der Waals surface area contributed by atoms with Crippen LogP contribution in [-0.2, 0) is 0 Å². The summed E-state index contributed by atoms with van der Waals surface area (Å²) in [7, 11) is 0. The fraction of sp³-hybridized carbons (Fsp3) is 0.538. The van der Waals surface area contributed by atoms with Gasteiger partial charge in [-0.1, -0.05) is 25.5 Å². The number of nitrogens with one attached hydrogen (secondary N) is 1. The summed E-state index contributed by atoms with van der Waals surface area (Å²) in [5.41, 5.74) is 7.80. The van der Waals surface area contributed by atoms with E-state index in [1.165, 1.54) is 19.3 Å². The van der Waals surface area contributed by atoms with Gasteiger partial charge in [-0.2, -0.15) is 0 Å². The molecule has 0 aliphatic heterocycles. The molecule has 2 rings (SSSR count). The average Bonchev–Trinajstić information content (AvgIpc) is 2.63. The minimum atomic E-state index is 0.833. The monoisotopic (exact) mass is 204 g/mol. The Hall–Kier alpha value is -1.18. The van der Waals surface area contributed by atoms with E-state index in [1.54, 1.807) is 0 Å². The highest BCUT2D eigenvalue weighted by Gasteiger charge is 2.20. The lowest BCUT2D eigenvalue weighted by Gasteiger charge is -2.13. The largest absolute Gasteiger partial charge is 0.397 e. The lowest BCUT2D eigenvalue weighted by molar-refractivity contribution is 0.537. The van der Waals surface area contributed by atoms with Crippen LogP contribution in [0.3, 0.4) is 0 Å². The van der Waals surface area contributed by atoms with Crippen molar-refractivity contribution in [3.63, 3.8) is 0 Å². The molecule has 0 amide bonds. The maximum atomic E-state index is 5.87. The molecular weight excluding hydrogens is 184 g/mol. The molecule has 1 aliphatic carbocycles. The minimum Gasteiger partial charge on any atom is -0.397 e. The van der Waals surface area contributed by atoms with Crippen LogP contribution in [-0.4, -0.2) is 6.54 Å². The molecule has 3 N–H and O–H groups in total. The molecule has 82 valence electrons. The van der Waals surface area contributed by atoms with Gasteiger partial charge < -0.3 is 11.1 Å². The molecule has 1 aromatic carbocycles. The van der Waals surface area contributed by atoms with Crippen LogP contribution in [0.5, 0.6) is 0 Å². The Balaban J connectivity index is 1.86. The molecule has 1 aliphatic rings. The third-order valence-corrected chi connectivity index (χ3v) is 3.35. The van der Waals surface area contributed by atoms with E-state index < -0.39 is 0 Å². The first-order chi connectivity index (χ1) is 7.25. The quantitative estimate of drug-likeness (QED) is 0.742. The van der Waals surface area contributed by atoms with Crippen LogP contribution in [0.2, 0.25) is 0 Å². The van der Waals surface area contributed by atoms with Crippen LogP contribution in [0.1, 0.15) is 26.2 Å². The van der Waals surface area contributed by atoms with Gasteiger partial charge in [0, 0.05) is 6.54 Å². The van der Waals surface area contributed by atoms with Gasteiger partial charge in [-0.25, -0.2) is 0 Å². The second-order valence-corrected chi connectivity index (χ2v) is 4.75. The van der Waals surface area contributed by atoms with Crippen molar-refractivity contribution >= 4 is 11.4 Å². The molecule has 0 radical (unpaired) electrons. The van der Waals surface area contributed by atoms with Gasteiger partial charge in [0.15, 0.2) is 0 Å². The Bertz CT molecular complexity index is 322. The molecule has 1 fully saturated rings. The summed E-state index contributed by atoms with van der Waals surface area (Å²) in [6.45, 7) is 3.41. The van der Waals surface area contributed by atoms with Gasteiger partial charge in [0.25, 0.3) is 0 Å². The zero-order chi connectivity index (χ0) is 10.7. The maximum Gasteiger partial charge on any atom is 0.0573 e. The minimum absolute atomic E-state index is 0.833. The van der Waals surface area contributed by atoms with Crippen molar-refractivity contribution < 1.29 is 0 Å². The SMILES string of the molecule is CC1CCC(CNc2ccccc2N)C1. The Morgan fingerprint density at radius 3 is 2.80 bits per heavy atom. The zero-order valence-electron chi connectivity index (χ0n) is 9.37. The Labute approximate surface area is 91.9 Å². The van der Waals surface area contributed by atoms with E-state index in [4.69, 9.17) is 5.73 Å². The number of nitrogen functional groups attached to an aromatic ring is 1. The molecule has 2 nitrogen and oxygen atoms in total. The Morgan fingerprint density at radius 1 is 1.33 bits per heavy atom. The second-order valence-electron chi connectivity index (χ2n) is 4.75. The number of para-hydroxylation sites is 2. The first-order valence-corrected chi connectivity index (χ1v) is 5.84. The van der Waals surface area contributed by atoms with Crippen LogP contribution in [0.4, 0.5) is 11.4 Å². The highest BCUT2D eigenvalue weighted by atomic mass is 14.9. The second kappa shape index (κ2) is 4.56. The van der Waals surface area contributed by atoms with Crippen molar-refractivity contribution in [2.24, 2.45) is 11.8 Å². The Morgan fingerprint density at radius 2 is 2.13 bits per heavy atom. The normalized spacial score (nSPS) is 25.4. The molecule has 0 bridgehead atoms. The molecule has 0 spiro atoms. The van der Waals surface area contributed by atoms with E-state index in [2.05, 4.69) is 12.2 Å². The van der Waals surface area contributed by atoms with Crippen molar-refractivity contribution in [1.29, 1.82) is 0 Å². The molecule has 0 saturated heterocycles. The highest BCUT2D eigenvalue weighted by molar-refractivity contribution is 5.65. The highest BCUT2D eigenvalue weighted by Crippen LogP contribution is 2.30. The van der Waals surface area contributed by atoms with Gasteiger partial charge in [0.05, 0.1) is 11.4 Å². The molecule has 1 saturated carbocycles. The number of nitrogens with two attached hydrogens (primary N) is 1. The fourth-order valence-electron chi connectivity index (χ4n) is 2.42. The average molecular weight is 204 g/mol. The third-order valence-electron chi connectivity index (χ3n) is 3.35. The smallest absolute Gasteiger partial charge is 0.0573 e. The van der Waals surface area contributed by atoms with Crippen molar-refractivity contribution in [2.75, 3.05) is 17.6 Å². The summed E-state index contributed by atoms with van der Waals surface area (Å²) in [5, 5.41) is 3.45. The Kier molecular flexibility index (Phi) is 3.14. The van der Waals surface area contributed by atoms with Gasteiger partial charge in [0.2, 0.25) is 0 Å². The number of rotatable bonds is 3. The van der Waals surface area contributed by atoms with E-state index in [0.717, 1.165) is 29.8 Å².